The maximum absolute atomic E-state index is 12.2. The Morgan fingerprint density at radius 3 is 2.54 bits per heavy atom. The molecule has 132 valence electrons. The number of hydrogen-bond acceptors (Lipinski definition) is 5. The molecule has 0 fully saturated rings. The van der Waals surface area contributed by atoms with Crippen LogP contribution in [0.15, 0.2) is 18.2 Å². The first-order chi connectivity index (χ1) is 11.3. The monoisotopic (exact) mass is 335 g/mol. The van der Waals surface area contributed by atoms with Crippen molar-refractivity contribution < 1.29 is 23.9 Å². The van der Waals surface area contributed by atoms with Gasteiger partial charge in [0.15, 0.2) is 11.9 Å². The van der Waals surface area contributed by atoms with E-state index in [0.717, 1.165) is 11.1 Å². The van der Waals surface area contributed by atoms with Gasteiger partial charge in [-0.2, -0.15) is 0 Å². The van der Waals surface area contributed by atoms with Crippen LogP contribution in [0, 0.1) is 13.8 Å². The molecule has 0 aliphatic rings. The second kappa shape index (κ2) is 9.82. The summed E-state index contributed by atoms with van der Waals surface area (Å²) in [4.78, 5) is 35.7. The highest BCUT2D eigenvalue weighted by molar-refractivity contribution is 5.99. The molecule has 0 aromatic heterocycles. The molecule has 1 atom stereocenters. The van der Waals surface area contributed by atoms with Gasteiger partial charge in [-0.05, 0) is 32.4 Å². The standard InChI is InChI=1S/C18H25NO5/c1-12-5-6-13(2)15(11-12)16(20)7-8-17(21)24-14(3)18(22)19-9-10-23-4/h5-6,11,14H,7-10H2,1-4H3,(H,19,22)/t14-/m1/s1. The number of carbonyl (C=O) groups excluding carboxylic acids is 3. The van der Waals surface area contributed by atoms with Crippen molar-refractivity contribution in [1.82, 2.24) is 5.32 Å². The molecule has 0 spiro atoms. The van der Waals surface area contributed by atoms with E-state index in [1.807, 2.05) is 32.0 Å². The van der Waals surface area contributed by atoms with Crippen LogP contribution in [0.3, 0.4) is 0 Å². The average molecular weight is 335 g/mol. The van der Waals surface area contributed by atoms with E-state index in [1.165, 1.54) is 14.0 Å². The SMILES string of the molecule is COCCNC(=O)[C@@H](C)OC(=O)CCC(=O)c1cc(C)ccc1C. The Kier molecular flexibility index (Phi) is 8.12. The van der Waals surface area contributed by atoms with Crippen LogP contribution in [-0.4, -0.2) is 44.0 Å². The number of benzene rings is 1. The number of nitrogens with one attached hydrogen (secondary N) is 1. The minimum Gasteiger partial charge on any atom is -0.453 e. The third-order valence-corrected chi connectivity index (χ3v) is 3.53. The molecule has 0 aliphatic heterocycles. The topological polar surface area (TPSA) is 81.7 Å². The zero-order chi connectivity index (χ0) is 18.1. The fourth-order valence-electron chi connectivity index (χ4n) is 2.12. The Morgan fingerprint density at radius 2 is 1.88 bits per heavy atom. The number of hydrogen-bond donors (Lipinski definition) is 1. The van der Waals surface area contributed by atoms with Gasteiger partial charge in [-0.25, -0.2) is 0 Å². The molecule has 0 aliphatic carbocycles. The number of Topliss-reactive ketones (excluding diaryl/α,β-unsaturated/α-hetero) is 1. The number of ether oxygens (including phenoxy) is 2. The lowest BCUT2D eigenvalue weighted by atomic mass is 9.99. The van der Waals surface area contributed by atoms with Crippen LogP contribution in [0.4, 0.5) is 0 Å². The van der Waals surface area contributed by atoms with E-state index < -0.39 is 12.1 Å². The number of esters is 1. The van der Waals surface area contributed by atoms with Crippen LogP contribution in [0.1, 0.15) is 41.3 Å². The summed E-state index contributed by atoms with van der Waals surface area (Å²) in [5, 5.41) is 2.59. The molecule has 1 N–H and O–H groups in total. The lowest BCUT2D eigenvalue weighted by molar-refractivity contribution is -0.154. The fraction of sp³-hybridized carbons (Fsp3) is 0.500. The fourth-order valence-corrected chi connectivity index (χ4v) is 2.12. The molecule has 1 amide bonds. The summed E-state index contributed by atoms with van der Waals surface area (Å²) in [6.45, 7) is 6.00. The van der Waals surface area contributed by atoms with Crippen LogP contribution in [0.5, 0.6) is 0 Å². The van der Waals surface area contributed by atoms with Crippen molar-refractivity contribution in [2.75, 3.05) is 20.3 Å². The lowest BCUT2D eigenvalue weighted by Crippen LogP contribution is -2.37. The molecular formula is C18H25NO5. The number of rotatable bonds is 9. The highest BCUT2D eigenvalue weighted by Gasteiger charge is 2.18. The first-order valence-electron chi connectivity index (χ1n) is 7.91. The van der Waals surface area contributed by atoms with Gasteiger partial charge in [-0.1, -0.05) is 17.7 Å². The van der Waals surface area contributed by atoms with Gasteiger partial charge in [0.2, 0.25) is 0 Å². The molecule has 24 heavy (non-hydrogen) atoms. The van der Waals surface area contributed by atoms with Crippen LogP contribution < -0.4 is 5.32 Å². The van der Waals surface area contributed by atoms with Crippen molar-refractivity contribution in [3.8, 4) is 0 Å². The normalized spacial score (nSPS) is 11.7. The zero-order valence-corrected chi connectivity index (χ0v) is 14.7. The smallest absolute Gasteiger partial charge is 0.307 e. The van der Waals surface area contributed by atoms with E-state index in [-0.39, 0.29) is 24.5 Å². The van der Waals surface area contributed by atoms with Gasteiger partial charge in [-0.3, -0.25) is 14.4 Å². The molecule has 0 bridgehead atoms. The van der Waals surface area contributed by atoms with Gasteiger partial charge in [0.25, 0.3) is 5.91 Å². The minimum absolute atomic E-state index is 0.0537. The van der Waals surface area contributed by atoms with Gasteiger partial charge in [0, 0.05) is 25.6 Å². The number of ketones is 1. The van der Waals surface area contributed by atoms with Gasteiger partial charge in [-0.15, -0.1) is 0 Å². The van der Waals surface area contributed by atoms with Gasteiger partial charge >= 0.3 is 5.97 Å². The third-order valence-electron chi connectivity index (χ3n) is 3.53. The van der Waals surface area contributed by atoms with Crippen molar-refractivity contribution in [3.05, 3.63) is 34.9 Å². The van der Waals surface area contributed by atoms with Crippen LogP contribution >= 0.6 is 0 Å². The largest absolute Gasteiger partial charge is 0.453 e. The maximum Gasteiger partial charge on any atom is 0.307 e. The van der Waals surface area contributed by atoms with E-state index in [2.05, 4.69) is 5.32 Å². The average Bonchev–Trinajstić information content (AvgIpc) is 2.54. The van der Waals surface area contributed by atoms with Crippen molar-refractivity contribution in [1.29, 1.82) is 0 Å². The number of aryl methyl sites for hydroxylation is 2. The van der Waals surface area contributed by atoms with Crippen molar-refractivity contribution >= 4 is 17.7 Å². The minimum atomic E-state index is -0.898. The predicted octanol–water partition coefficient (Wildman–Crippen LogP) is 1.96. The van der Waals surface area contributed by atoms with E-state index in [1.54, 1.807) is 0 Å². The molecule has 1 rings (SSSR count). The molecule has 0 saturated carbocycles. The highest BCUT2D eigenvalue weighted by Crippen LogP contribution is 2.14. The number of amides is 1. The Labute approximate surface area is 142 Å². The second-order valence-electron chi connectivity index (χ2n) is 5.66. The highest BCUT2D eigenvalue weighted by atomic mass is 16.5. The van der Waals surface area contributed by atoms with Crippen LogP contribution in [0.25, 0.3) is 0 Å². The van der Waals surface area contributed by atoms with E-state index in [9.17, 15) is 14.4 Å². The van der Waals surface area contributed by atoms with Gasteiger partial charge in [0.05, 0.1) is 13.0 Å². The first-order valence-corrected chi connectivity index (χ1v) is 7.91. The second-order valence-corrected chi connectivity index (χ2v) is 5.66. The molecule has 0 unspecified atom stereocenters. The molecule has 0 heterocycles. The van der Waals surface area contributed by atoms with Gasteiger partial charge in [0.1, 0.15) is 0 Å². The van der Waals surface area contributed by atoms with Gasteiger partial charge < -0.3 is 14.8 Å². The first kappa shape index (κ1) is 19.8. The number of methoxy groups -OCH3 is 1. The Morgan fingerprint density at radius 1 is 1.17 bits per heavy atom. The summed E-state index contributed by atoms with van der Waals surface area (Å²) in [6.07, 6.45) is -0.895. The number of carbonyl (C=O) groups is 3. The molecule has 6 heteroatoms. The van der Waals surface area contributed by atoms with Crippen LogP contribution in [0.2, 0.25) is 0 Å². The molecule has 6 nitrogen and oxygen atoms in total. The summed E-state index contributed by atoms with van der Waals surface area (Å²) >= 11 is 0. The maximum atomic E-state index is 12.2. The summed E-state index contributed by atoms with van der Waals surface area (Å²) in [5.74, 6) is -1.06. The third kappa shape index (κ3) is 6.50. The Bertz CT molecular complexity index is 597. The summed E-state index contributed by atoms with van der Waals surface area (Å²) < 4.78 is 9.86. The zero-order valence-electron chi connectivity index (χ0n) is 14.7. The van der Waals surface area contributed by atoms with Crippen molar-refractivity contribution in [3.63, 3.8) is 0 Å². The summed E-state index contributed by atoms with van der Waals surface area (Å²) in [7, 11) is 1.53. The molecule has 1 aromatic rings. The van der Waals surface area contributed by atoms with Crippen molar-refractivity contribution in [2.45, 2.75) is 39.7 Å². The summed E-state index contributed by atoms with van der Waals surface area (Å²) in [5.41, 5.74) is 2.49. The summed E-state index contributed by atoms with van der Waals surface area (Å²) in [6, 6.07) is 5.63. The van der Waals surface area contributed by atoms with Crippen molar-refractivity contribution in [2.24, 2.45) is 0 Å². The Balaban J connectivity index is 2.44. The quantitative estimate of drug-likeness (QED) is 0.424. The lowest BCUT2D eigenvalue weighted by Gasteiger charge is -2.13. The predicted molar refractivity (Wildman–Crippen MR) is 89.9 cm³/mol. The molecule has 0 saturated heterocycles. The van der Waals surface area contributed by atoms with E-state index >= 15 is 0 Å². The molecular weight excluding hydrogens is 310 g/mol. The molecule has 1 aromatic carbocycles. The van der Waals surface area contributed by atoms with Crippen LogP contribution in [-0.2, 0) is 19.1 Å². The Hall–Kier alpha value is -2.21. The van der Waals surface area contributed by atoms with E-state index in [4.69, 9.17) is 9.47 Å². The van der Waals surface area contributed by atoms with E-state index in [0.29, 0.717) is 18.7 Å². The molecule has 0 radical (unpaired) electrons.